The number of amides is 1. The van der Waals surface area contributed by atoms with E-state index in [1.807, 2.05) is 17.8 Å². The van der Waals surface area contributed by atoms with Crippen molar-refractivity contribution in [2.24, 2.45) is 18.4 Å². The first kappa shape index (κ1) is 29.0. The Labute approximate surface area is 252 Å². The van der Waals surface area contributed by atoms with Gasteiger partial charge in [-0.1, -0.05) is 56.4 Å². The van der Waals surface area contributed by atoms with Gasteiger partial charge < -0.3 is 19.9 Å². The van der Waals surface area contributed by atoms with Crippen molar-refractivity contribution in [2.45, 2.75) is 71.4 Å². The molecule has 6 rings (SSSR count). The summed E-state index contributed by atoms with van der Waals surface area (Å²) < 4.78 is 2.00. The lowest BCUT2D eigenvalue weighted by molar-refractivity contribution is 0.0795. The summed E-state index contributed by atoms with van der Waals surface area (Å²) in [5.41, 5.74) is 6.73. The van der Waals surface area contributed by atoms with E-state index in [9.17, 15) is 9.90 Å². The number of aromatic nitrogens is 4. The first-order valence-corrected chi connectivity index (χ1v) is 16.0. The maximum absolute atomic E-state index is 13.6. The van der Waals surface area contributed by atoms with Gasteiger partial charge in [-0.15, -0.1) is 0 Å². The number of aryl methyl sites for hydroxylation is 2. The van der Waals surface area contributed by atoms with Crippen molar-refractivity contribution in [1.82, 2.24) is 29.7 Å². The fourth-order valence-electron chi connectivity index (χ4n) is 6.37. The number of pyridine rings is 1. The Bertz CT molecular complexity index is 1550. The van der Waals surface area contributed by atoms with Crippen LogP contribution in [-0.4, -0.2) is 61.2 Å². The number of aliphatic hydroxyl groups is 1. The normalized spacial score (nSPS) is 19.1. The molecule has 8 nitrogen and oxygen atoms in total. The summed E-state index contributed by atoms with van der Waals surface area (Å²) in [6, 6.07) is 10.4. The van der Waals surface area contributed by atoms with E-state index < -0.39 is 0 Å². The summed E-state index contributed by atoms with van der Waals surface area (Å²) in [6.45, 7) is 9.56. The Morgan fingerprint density at radius 1 is 1.14 bits per heavy atom. The number of piperidine rings is 1. The van der Waals surface area contributed by atoms with Crippen molar-refractivity contribution in [3.63, 3.8) is 0 Å². The maximum Gasteiger partial charge on any atom is 0.280 e. The highest BCUT2D eigenvalue weighted by Crippen LogP contribution is 2.38. The van der Waals surface area contributed by atoms with Gasteiger partial charge in [-0.05, 0) is 72.6 Å². The molecule has 1 aliphatic carbocycles. The largest absolute Gasteiger partial charge is 0.393 e. The van der Waals surface area contributed by atoms with Gasteiger partial charge in [-0.2, -0.15) is 0 Å². The number of aliphatic hydroxyl groups excluding tert-OH is 1. The van der Waals surface area contributed by atoms with E-state index in [0.717, 1.165) is 91.0 Å². The minimum atomic E-state index is -0.200. The van der Waals surface area contributed by atoms with E-state index in [2.05, 4.69) is 66.3 Å². The first-order chi connectivity index (χ1) is 20.1. The zero-order chi connectivity index (χ0) is 29.4. The number of carbonyl (C=O) groups is 1. The molecule has 1 aromatic carbocycles. The third kappa shape index (κ3) is 6.28. The summed E-state index contributed by atoms with van der Waals surface area (Å²) in [4.78, 5) is 30.8. The summed E-state index contributed by atoms with van der Waals surface area (Å²) in [5, 5.41) is 13.7. The van der Waals surface area contributed by atoms with Crippen LogP contribution in [0.3, 0.4) is 0 Å². The second kappa shape index (κ2) is 11.9. The molecule has 1 amide bonds. The van der Waals surface area contributed by atoms with Crippen LogP contribution in [0.1, 0.15) is 79.1 Å². The van der Waals surface area contributed by atoms with Gasteiger partial charge in [0, 0.05) is 32.4 Å². The monoisotopic (exact) mass is 586 g/mol. The number of hydrogen-bond donors (Lipinski definition) is 2. The molecule has 1 unspecified atom stereocenters. The molecule has 4 heterocycles. The number of carbonyl (C=O) groups excluding carboxylic acids is 1. The molecule has 2 N–H and O–H groups in total. The lowest BCUT2D eigenvalue weighted by Crippen LogP contribution is -2.38. The second-order valence-corrected chi connectivity index (χ2v) is 14.1. The van der Waals surface area contributed by atoms with E-state index >= 15 is 0 Å². The minimum Gasteiger partial charge on any atom is -0.393 e. The molecule has 0 spiro atoms. The van der Waals surface area contributed by atoms with Gasteiger partial charge in [0.25, 0.3) is 5.91 Å². The van der Waals surface area contributed by atoms with Gasteiger partial charge in [0.05, 0.1) is 30.4 Å². The highest BCUT2D eigenvalue weighted by Gasteiger charge is 2.30. The zero-order valence-electron chi connectivity index (χ0n) is 25.1. The van der Waals surface area contributed by atoms with Gasteiger partial charge in [0.15, 0.2) is 5.01 Å². The standard InChI is InChI=1S/C33H42N6O2S/c1-33(2,3)24-9-10-26-23(17-24)18-28-31(36-26)42-32(37-28)30(41)35-27(13-16-39-14-11-25(40)12-15-39)21-5-7-22(8-6-21)29-19-34-20-38(29)4/h5-8,18-20,24-25,27,40H,9-17H2,1-4H3,(H,35,41)/t24-,27?/m0/s1. The fourth-order valence-corrected chi connectivity index (χ4v) is 7.21. The van der Waals surface area contributed by atoms with E-state index in [1.165, 1.54) is 16.9 Å². The highest BCUT2D eigenvalue weighted by molar-refractivity contribution is 7.19. The number of fused-ring (bicyclic) bond motifs is 2. The van der Waals surface area contributed by atoms with Crippen LogP contribution in [0.2, 0.25) is 0 Å². The lowest BCUT2D eigenvalue weighted by Gasteiger charge is -2.34. The highest BCUT2D eigenvalue weighted by atomic mass is 32.1. The molecule has 1 saturated heterocycles. The lowest BCUT2D eigenvalue weighted by atomic mass is 9.71. The Hall–Kier alpha value is -3.14. The smallest absolute Gasteiger partial charge is 0.280 e. The minimum absolute atomic E-state index is 0.154. The summed E-state index contributed by atoms with van der Waals surface area (Å²) in [5.74, 6) is 0.470. The second-order valence-electron chi connectivity index (χ2n) is 13.1. The number of thiazole rings is 1. The van der Waals surface area contributed by atoms with Gasteiger partial charge in [-0.25, -0.2) is 15.0 Å². The number of hydrogen-bond acceptors (Lipinski definition) is 7. The van der Waals surface area contributed by atoms with Crippen LogP contribution in [0.5, 0.6) is 0 Å². The van der Waals surface area contributed by atoms with E-state index in [-0.39, 0.29) is 23.5 Å². The number of likely N-dealkylation sites (tertiary alicyclic amines) is 1. The molecule has 3 aromatic heterocycles. The number of rotatable bonds is 7. The average Bonchev–Trinajstić information content (AvgIpc) is 3.59. The molecule has 0 bridgehead atoms. The predicted octanol–water partition coefficient (Wildman–Crippen LogP) is 5.56. The van der Waals surface area contributed by atoms with Crippen LogP contribution < -0.4 is 5.32 Å². The topological polar surface area (TPSA) is 96.2 Å². The number of imidazole rings is 1. The van der Waals surface area contributed by atoms with Crippen LogP contribution >= 0.6 is 11.3 Å². The van der Waals surface area contributed by atoms with Gasteiger partial charge in [0.2, 0.25) is 0 Å². The molecule has 0 radical (unpaired) electrons. The quantitative estimate of drug-likeness (QED) is 0.294. The van der Waals surface area contributed by atoms with Crippen LogP contribution in [0.15, 0.2) is 42.9 Å². The molecule has 9 heteroatoms. The zero-order valence-corrected chi connectivity index (χ0v) is 26.0. The van der Waals surface area contributed by atoms with E-state index in [4.69, 9.17) is 9.97 Å². The molecular formula is C33H42N6O2S. The van der Waals surface area contributed by atoms with Crippen LogP contribution in [0.4, 0.5) is 0 Å². The predicted molar refractivity (Wildman–Crippen MR) is 168 cm³/mol. The maximum atomic E-state index is 13.6. The fraction of sp³-hybridized carbons (Fsp3) is 0.515. The molecule has 4 aromatic rings. The summed E-state index contributed by atoms with van der Waals surface area (Å²) >= 11 is 1.39. The molecule has 222 valence electrons. The van der Waals surface area contributed by atoms with Crippen molar-refractivity contribution in [3.8, 4) is 11.3 Å². The Balaban J connectivity index is 1.21. The van der Waals surface area contributed by atoms with Crippen LogP contribution in [0.25, 0.3) is 21.6 Å². The van der Waals surface area contributed by atoms with E-state index in [1.54, 1.807) is 6.33 Å². The van der Waals surface area contributed by atoms with Crippen molar-refractivity contribution in [3.05, 3.63) is 64.7 Å². The first-order valence-electron chi connectivity index (χ1n) is 15.2. The molecule has 2 atom stereocenters. The number of benzene rings is 1. The number of nitrogens with one attached hydrogen (secondary N) is 1. The molecule has 1 fully saturated rings. The Morgan fingerprint density at radius 3 is 2.60 bits per heavy atom. The average molecular weight is 587 g/mol. The summed E-state index contributed by atoms with van der Waals surface area (Å²) in [7, 11) is 1.99. The Kier molecular flexibility index (Phi) is 8.18. The molecular weight excluding hydrogens is 544 g/mol. The van der Waals surface area contributed by atoms with Crippen LogP contribution in [0, 0.1) is 11.3 Å². The summed E-state index contributed by atoms with van der Waals surface area (Å²) in [6.07, 6.45) is 8.99. The van der Waals surface area contributed by atoms with Gasteiger partial charge in [0.1, 0.15) is 10.3 Å². The molecule has 1 aliphatic heterocycles. The Morgan fingerprint density at radius 2 is 1.90 bits per heavy atom. The van der Waals surface area contributed by atoms with Gasteiger partial charge in [-0.3, -0.25) is 4.79 Å². The molecule has 0 saturated carbocycles. The third-order valence-corrected chi connectivity index (χ3v) is 10.2. The molecule has 2 aliphatic rings. The third-order valence-electron chi connectivity index (χ3n) is 9.19. The van der Waals surface area contributed by atoms with Crippen molar-refractivity contribution < 1.29 is 9.90 Å². The van der Waals surface area contributed by atoms with Gasteiger partial charge >= 0.3 is 0 Å². The molecule has 42 heavy (non-hydrogen) atoms. The van der Waals surface area contributed by atoms with Crippen LogP contribution in [-0.2, 0) is 19.9 Å². The number of nitrogens with zero attached hydrogens (tertiary/aromatic N) is 5. The van der Waals surface area contributed by atoms with Crippen molar-refractivity contribution in [1.29, 1.82) is 0 Å². The van der Waals surface area contributed by atoms with E-state index in [0.29, 0.717) is 10.9 Å². The van der Waals surface area contributed by atoms with Crippen molar-refractivity contribution >= 4 is 27.6 Å². The SMILES string of the molecule is Cn1cncc1-c1ccc(C(CCN2CCC(O)CC2)NC(=O)c2nc3cc4c(nc3s2)CC[C@H](C(C)(C)C)C4)cc1. The van der Waals surface area contributed by atoms with Crippen molar-refractivity contribution in [2.75, 3.05) is 19.6 Å².